The zero-order valence-electron chi connectivity index (χ0n) is 10.9. The van der Waals surface area contributed by atoms with Crippen molar-refractivity contribution in [3.05, 3.63) is 0 Å². The van der Waals surface area contributed by atoms with Gasteiger partial charge in [-0.1, -0.05) is 26.7 Å². The van der Waals surface area contributed by atoms with E-state index in [-0.39, 0.29) is 6.04 Å². The van der Waals surface area contributed by atoms with Crippen LogP contribution in [0.15, 0.2) is 0 Å². The van der Waals surface area contributed by atoms with Gasteiger partial charge in [0.1, 0.15) is 0 Å². The quantitative estimate of drug-likeness (QED) is 0.755. The molecule has 0 aromatic rings. The molecule has 0 saturated heterocycles. The fourth-order valence-corrected chi connectivity index (χ4v) is 2.31. The van der Waals surface area contributed by atoms with Gasteiger partial charge in [0.25, 0.3) is 0 Å². The zero-order chi connectivity index (χ0) is 11.7. The molecule has 0 heterocycles. The Balaban J connectivity index is 2.56. The molecule has 2 unspecified atom stereocenters. The molecular formula is C13H27NO. The molecule has 1 fully saturated rings. The molecule has 0 bridgehead atoms. The van der Waals surface area contributed by atoms with Crippen molar-refractivity contribution in [3.63, 3.8) is 0 Å². The van der Waals surface area contributed by atoms with E-state index in [4.69, 9.17) is 0 Å². The Morgan fingerprint density at radius 3 is 2.40 bits per heavy atom. The summed E-state index contributed by atoms with van der Waals surface area (Å²) in [6.45, 7) is 10.5. The number of aliphatic hydroxyl groups is 1. The summed E-state index contributed by atoms with van der Waals surface area (Å²) in [5, 5.41) is 13.5. The van der Waals surface area contributed by atoms with Crippen molar-refractivity contribution in [2.24, 2.45) is 5.41 Å². The van der Waals surface area contributed by atoms with Crippen molar-refractivity contribution < 1.29 is 5.11 Å². The van der Waals surface area contributed by atoms with Crippen LogP contribution in [0.2, 0.25) is 0 Å². The molecule has 0 aliphatic heterocycles. The molecule has 2 nitrogen and oxygen atoms in total. The standard InChI is InChI=1S/C13H27NO/c1-10(13(4,5)15)14-11-8-6-7-9-12(11,2)3/h10-11,14-15H,6-9H2,1-5H3. The summed E-state index contributed by atoms with van der Waals surface area (Å²) < 4.78 is 0. The molecule has 1 aliphatic rings. The molecule has 15 heavy (non-hydrogen) atoms. The van der Waals surface area contributed by atoms with Crippen LogP contribution in [0.3, 0.4) is 0 Å². The fraction of sp³-hybridized carbons (Fsp3) is 1.00. The van der Waals surface area contributed by atoms with Gasteiger partial charge in [-0.3, -0.25) is 0 Å². The molecule has 2 atom stereocenters. The van der Waals surface area contributed by atoms with Crippen LogP contribution in [0.1, 0.15) is 60.3 Å². The molecule has 1 rings (SSSR count). The third-order valence-electron chi connectivity index (χ3n) is 4.02. The van der Waals surface area contributed by atoms with Gasteiger partial charge in [0.2, 0.25) is 0 Å². The lowest BCUT2D eigenvalue weighted by Gasteiger charge is -2.42. The van der Waals surface area contributed by atoms with Gasteiger partial charge in [0.15, 0.2) is 0 Å². The number of hydrogen-bond acceptors (Lipinski definition) is 2. The molecule has 1 saturated carbocycles. The van der Waals surface area contributed by atoms with Gasteiger partial charge < -0.3 is 10.4 Å². The minimum Gasteiger partial charge on any atom is -0.389 e. The lowest BCUT2D eigenvalue weighted by atomic mass is 9.73. The highest BCUT2D eigenvalue weighted by atomic mass is 16.3. The smallest absolute Gasteiger partial charge is 0.0741 e. The van der Waals surface area contributed by atoms with Crippen LogP contribution in [-0.4, -0.2) is 22.8 Å². The molecule has 2 heteroatoms. The Bertz CT molecular complexity index is 205. The van der Waals surface area contributed by atoms with Crippen LogP contribution in [0.5, 0.6) is 0 Å². The van der Waals surface area contributed by atoms with E-state index >= 15 is 0 Å². The second-order valence-electron chi connectivity index (χ2n) is 6.33. The normalized spacial score (nSPS) is 28.8. The first-order valence-corrected chi connectivity index (χ1v) is 6.22. The van der Waals surface area contributed by atoms with Crippen LogP contribution >= 0.6 is 0 Å². The summed E-state index contributed by atoms with van der Waals surface area (Å²) in [7, 11) is 0. The van der Waals surface area contributed by atoms with Gasteiger partial charge in [-0.2, -0.15) is 0 Å². The van der Waals surface area contributed by atoms with Gasteiger partial charge in [-0.05, 0) is 39.0 Å². The van der Waals surface area contributed by atoms with E-state index in [0.29, 0.717) is 11.5 Å². The SMILES string of the molecule is CC(NC1CCCCC1(C)C)C(C)(C)O. The zero-order valence-corrected chi connectivity index (χ0v) is 10.9. The van der Waals surface area contributed by atoms with Crippen LogP contribution < -0.4 is 5.32 Å². The number of hydrogen-bond donors (Lipinski definition) is 2. The maximum absolute atomic E-state index is 9.92. The monoisotopic (exact) mass is 213 g/mol. The summed E-state index contributed by atoms with van der Waals surface area (Å²) in [4.78, 5) is 0. The molecule has 0 radical (unpaired) electrons. The third-order valence-corrected chi connectivity index (χ3v) is 4.02. The molecule has 90 valence electrons. The fourth-order valence-electron chi connectivity index (χ4n) is 2.31. The van der Waals surface area contributed by atoms with E-state index in [1.165, 1.54) is 25.7 Å². The van der Waals surface area contributed by atoms with E-state index in [0.717, 1.165) is 0 Å². The van der Waals surface area contributed by atoms with Crippen LogP contribution in [0.25, 0.3) is 0 Å². The topological polar surface area (TPSA) is 32.3 Å². The minimum atomic E-state index is -0.631. The van der Waals surface area contributed by atoms with Crippen molar-refractivity contribution in [2.75, 3.05) is 0 Å². The first-order chi connectivity index (χ1) is 6.73. The lowest BCUT2D eigenvalue weighted by Crippen LogP contribution is -2.54. The highest BCUT2D eigenvalue weighted by Crippen LogP contribution is 2.36. The molecule has 2 N–H and O–H groups in total. The molecule has 0 amide bonds. The second kappa shape index (κ2) is 4.42. The van der Waals surface area contributed by atoms with Crippen molar-refractivity contribution >= 4 is 0 Å². The minimum absolute atomic E-state index is 0.153. The number of rotatable bonds is 3. The molecule has 0 aromatic carbocycles. The highest BCUT2D eigenvalue weighted by molar-refractivity contribution is 4.92. The van der Waals surface area contributed by atoms with E-state index in [9.17, 15) is 5.11 Å². The predicted octanol–water partition coefficient (Wildman–Crippen LogP) is 2.70. The van der Waals surface area contributed by atoms with Gasteiger partial charge in [0.05, 0.1) is 5.60 Å². The second-order valence-corrected chi connectivity index (χ2v) is 6.33. The summed E-state index contributed by atoms with van der Waals surface area (Å²) >= 11 is 0. The molecular weight excluding hydrogens is 186 g/mol. The molecule has 0 spiro atoms. The Kier molecular flexibility index (Phi) is 3.83. The number of nitrogens with one attached hydrogen (secondary N) is 1. The van der Waals surface area contributed by atoms with Gasteiger partial charge >= 0.3 is 0 Å². The Labute approximate surface area is 94.5 Å². The van der Waals surface area contributed by atoms with Crippen molar-refractivity contribution in [1.82, 2.24) is 5.32 Å². The van der Waals surface area contributed by atoms with E-state index in [1.807, 2.05) is 13.8 Å². The van der Waals surface area contributed by atoms with Crippen molar-refractivity contribution in [2.45, 2.75) is 78.0 Å². The van der Waals surface area contributed by atoms with E-state index in [2.05, 4.69) is 26.1 Å². The van der Waals surface area contributed by atoms with E-state index in [1.54, 1.807) is 0 Å². The summed E-state index contributed by atoms with van der Waals surface area (Å²) in [6, 6.07) is 0.701. The highest BCUT2D eigenvalue weighted by Gasteiger charge is 2.35. The third kappa shape index (κ3) is 3.46. The average Bonchev–Trinajstić information content (AvgIpc) is 2.06. The van der Waals surface area contributed by atoms with Crippen LogP contribution in [0, 0.1) is 5.41 Å². The first-order valence-electron chi connectivity index (χ1n) is 6.22. The maximum atomic E-state index is 9.92. The lowest BCUT2D eigenvalue weighted by molar-refractivity contribution is 0.0257. The largest absolute Gasteiger partial charge is 0.389 e. The van der Waals surface area contributed by atoms with Gasteiger partial charge in [0, 0.05) is 12.1 Å². The van der Waals surface area contributed by atoms with Crippen molar-refractivity contribution in [3.8, 4) is 0 Å². The summed E-state index contributed by atoms with van der Waals surface area (Å²) in [6.07, 6.45) is 5.21. The molecule has 0 aromatic heterocycles. The molecule has 1 aliphatic carbocycles. The summed E-state index contributed by atoms with van der Waals surface area (Å²) in [5.41, 5.74) is -0.259. The Hall–Kier alpha value is -0.0800. The maximum Gasteiger partial charge on any atom is 0.0741 e. The van der Waals surface area contributed by atoms with Gasteiger partial charge in [-0.15, -0.1) is 0 Å². The van der Waals surface area contributed by atoms with Crippen LogP contribution in [-0.2, 0) is 0 Å². The first kappa shape index (κ1) is 13.0. The Morgan fingerprint density at radius 1 is 1.33 bits per heavy atom. The predicted molar refractivity (Wildman–Crippen MR) is 64.9 cm³/mol. The van der Waals surface area contributed by atoms with Gasteiger partial charge in [-0.25, -0.2) is 0 Å². The van der Waals surface area contributed by atoms with Crippen molar-refractivity contribution in [1.29, 1.82) is 0 Å². The van der Waals surface area contributed by atoms with Crippen LogP contribution in [0.4, 0.5) is 0 Å². The van der Waals surface area contributed by atoms with E-state index < -0.39 is 5.60 Å². The average molecular weight is 213 g/mol. The Morgan fingerprint density at radius 2 is 1.93 bits per heavy atom. The summed E-state index contributed by atoms with van der Waals surface area (Å²) in [5.74, 6) is 0.